The van der Waals surface area contributed by atoms with Crippen molar-refractivity contribution >= 4 is 29.2 Å². The van der Waals surface area contributed by atoms with E-state index in [1.165, 1.54) is 0 Å². The van der Waals surface area contributed by atoms with Crippen LogP contribution in [0, 0.1) is 0 Å². The van der Waals surface area contributed by atoms with E-state index >= 15 is 0 Å². The summed E-state index contributed by atoms with van der Waals surface area (Å²) in [5.74, 6) is 1.01. The van der Waals surface area contributed by atoms with Gasteiger partial charge in [0, 0.05) is 22.4 Å². The average Bonchev–Trinajstić information content (AvgIpc) is 2.53. The molecule has 5 heteroatoms. The fourth-order valence-electron chi connectivity index (χ4n) is 1.98. The Hall–Kier alpha value is -1.65. The van der Waals surface area contributed by atoms with Crippen molar-refractivity contribution < 1.29 is 5.21 Å². The number of halogens is 1. The number of rotatable bonds is 6. The number of hydrogen-bond acceptors (Lipinski definition) is 3. The van der Waals surface area contributed by atoms with Gasteiger partial charge >= 0.3 is 0 Å². The van der Waals surface area contributed by atoms with E-state index in [2.05, 4.69) is 17.3 Å². The molecule has 2 rings (SSSR count). The van der Waals surface area contributed by atoms with Crippen molar-refractivity contribution in [3.63, 3.8) is 0 Å². The van der Waals surface area contributed by atoms with E-state index in [4.69, 9.17) is 22.5 Å². The molecule has 0 spiro atoms. The van der Waals surface area contributed by atoms with Crippen molar-refractivity contribution in [2.24, 2.45) is 10.9 Å². The molecule has 0 saturated carbocycles. The molecular formula is C16H17ClN2OS. The van der Waals surface area contributed by atoms with E-state index in [1.54, 1.807) is 11.8 Å². The zero-order chi connectivity index (χ0) is 15.1. The second-order valence-corrected chi connectivity index (χ2v) is 6.20. The van der Waals surface area contributed by atoms with Crippen LogP contribution >= 0.6 is 23.4 Å². The molecule has 3 nitrogen and oxygen atoms in total. The van der Waals surface area contributed by atoms with Gasteiger partial charge in [0.1, 0.15) is 5.84 Å². The van der Waals surface area contributed by atoms with Crippen LogP contribution in [-0.2, 0) is 5.75 Å². The Labute approximate surface area is 133 Å². The zero-order valence-electron chi connectivity index (χ0n) is 11.4. The minimum Gasteiger partial charge on any atom is -0.409 e. The maximum Gasteiger partial charge on any atom is 0.140 e. The van der Waals surface area contributed by atoms with Crippen LogP contribution in [0.3, 0.4) is 0 Å². The number of benzene rings is 2. The molecule has 0 heterocycles. The van der Waals surface area contributed by atoms with Gasteiger partial charge in [-0.25, -0.2) is 0 Å². The van der Waals surface area contributed by atoms with Gasteiger partial charge < -0.3 is 10.9 Å². The van der Waals surface area contributed by atoms with E-state index in [0.29, 0.717) is 6.42 Å². The molecule has 1 atom stereocenters. The highest BCUT2D eigenvalue weighted by molar-refractivity contribution is 7.98. The van der Waals surface area contributed by atoms with Gasteiger partial charge in [0.05, 0.1) is 0 Å². The molecule has 0 radical (unpaired) electrons. The standard InChI is InChI=1S/C16H17ClN2OS/c17-14-9-5-4-8-13(14)11-21-15(10-16(18)19-20)12-6-2-1-3-7-12/h1-9,15,20H,10-11H2,(H2,18,19). The summed E-state index contributed by atoms with van der Waals surface area (Å²) in [7, 11) is 0. The molecule has 0 amide bonds. The van der Waals surface area contributed by atoms with E-state index in [-0.39, 0.29) is 11.1 Å². The predicted octanol–water partition coefficient (Wildman–Crippen LogP) is 4.45. The molecule has 0 saturated heterocycles. The maximum atomic E-state index is 8.79. The number of nitrogens with two attached hydrogens (primary N) is 1. The Morgan fingerprint density at radius 1 is 1.14 bits per heavy atom. The summed E-state index contributed by atoms with van der Waals surface area (Å²) in [6.07, 6.45) is 0.496. The second-order valence-electron chi connectivity index (χ2n) is 4.60. The second kappa shape index (κ2) is 7.96. The minimum absolute atomic E-state index is 0.123. The number of thioether (sulfide) groups is 1. The normalized spacial score (nSPS) is 13.1. The van der Waals surface area contributed by atoms with Crippen molar-refractivity contribution in [3.8, 4) is 0 Å². The first kappa shape index (κ1) is 15.7. The molecule has 0 aliphatic heterocycles. The largest absolute Gasteiger partial charge is 0.409 e. The molecule has 2 aromatic rings. The molecule has 3 N–H and O–H groups in total. The SMILES string of the molecule is N/C(CC(SCc1ccccc1Cl)c1ccccc1)=N/O. The molecular weight excluding hydrogens is 304 g/mol. The lowest BCUT2D eigenvalue weighted by Gasteiger charge is -2.17. The van der Waals surface area contributed by atoms with Gasteiger partial charge in [0.25, 0.3) is 0 Å². The molecule has 0 aromatic heterocycles. The van der Waals surface area contributed by atoms with E-state index in [0.717, 1.165) is 21.9 Å². The Balaban J connectivity index is 2.11. The van der Waals surface area contributed by atoms with E-state index < -0.39 is 0 Å². The third-order valence-corrected chi connectivity index (χ3v) is 4.78. The first-order valence-corrected chi connectivity index (χ1v) is 7.99. The van der Waals surface area contributed by atoms with Gasteiger partial charge in [-0.1, -0.05) is 65.3 Å². The summed E-state index contributed by atoms with van der Waals surface area (Å²) in [4.78, 5) is 0. The summed E-state index contributed by atoms with van der Waals surface area (Å²) >= 11 is 7.91. The summed E-state index contributed by atoms with van der Waals surface area (Å²) in [6, 6.07) is 17.9. The van der Waals surface area contributed by atoms with Crippen molar-refractivity contribution in [3.05, 3.63) is 70.7 Å². The highest BCUT2D eigenvalue weighted by Crippen LogP contribution is 2.35. The minimum atomic E-state index is 0.123. The summed E-state index contributed by atoms with van der Waals surface area (Å²) in [5.41, 5.74) is 7.91. The van der Waals surface area contributed by atoms with Crippen LogP contribution < -0.4 is 5.73 Å². The molecule has 0 aliphatic rings. The third-order valence-electron chi connectivity index (χ3n) is 3.09. The first-order valence-electron chi connectivity index (χ1n) is 6.57. The Bertz CT molecular complexity index is 604. The summed E-state index contributed by atoms with van der Waals surface area (Å²) in [5, 5.41) is 12.8. The first-order chi connectivity index (χ1) is 10.2. The molecule has 21 heavy (non-hydrogen) atoms. The number of nitrogens with zero attached hydrogens (tertiary/aromatic N) is 1. The smallest absolute Gasteiger partial charge is 0.140 e. The number of oxime groups is 1. The lowest BCUT2D eigenvalue weighted by Crippen LogP contribution is -2.14. The van der Waals surface area contributed by atoms with Gasteiger partial charge in [0.2, 0.25) is 0 Å². The summed E-state index contributed by atoms with van der Waals surface area (Å²) < 4.78 is 0. The summed E-state index contributed by atoms with van der Waals surface area (Å²) in [6.45, 7) is 0. The fraction of sp³-hybridized carbons (Fsp3) is 0.188. The molecule has 0 aliphatic carbocycles. The van der Waals surface area contributed by atoms with Crippen LogP contribution in [0.1, 0.15) is 22.8 Å². The fourth-order valence-corrected chi connectivity index (χ4v) is 3.53. The van der Waals surface area contributed by atoms with Crippen molar-refractivity contribution in [2.75, 3.05) is 0 Å². The Morgan fingerprint density at radius 3 is 2.48 bits per heavy atom. The van der Waals surface area contributed by atoms with Gasteiger partial charge in [-0.2, -0.15) is 0 Å². The van der Waals surface area contributed by atoms with Gasteiger partial charge in [-0.3, -0.25) is 0 Å². The molecule has 2 aromatic carbocycles. The van der Waals surface area contributed by atoms with Crippen LogP contribution in [0.2, 0.25) is 5.02 Å². The van der Waals surface area contributed by atoms with Crippen LogP contribution in [0.4, 0.5) is 0 Å². The van der Waals surface area contributed by atoms with E-state index in [9.17, 15) is 0 Å². The molecule has 110 valence electrons. The van der Waals surface area contributed by atoms with Crippen molar-refractivity contribution in [2.45, 2.75) is 17.4 Å². The van der Waals surface area contributed by atoms with E-state index in [1.807, 2.05) is 42.5 Å². The molecule has 1 unspecified atom stereocenters. The maximum absolute atomic E-state index is 8.79. The number of hydrogen-bond donors (Lipinski definition) is 2. The third kappa shape index (κ3) is 4.69. The highest BCUT2D eigenvalue weighted by Gasteiger charge is 2.15. The van der Waals surface area contributed by atoms with Gasteiger partial charge in [-0.05, 0) is 17.2 Å². The van der Waals surface area contributed by atoms with Crippen LogP contribution in [0.25, 0.3) is 0 Å². The van der Waals surface area contributed by atoms with Crippen molar-refractivity contribution in [1.29, 1.82) is 0 Å². The van der Waals surface area contributed by atoms with Crippen LogP contribution in [-0.4, -0.2) is 11.0 Å². The molecule has 0 fully saturated rings. The van der Waals surface area contributed by atoms with Crippen molar-refractivity contribution in [1.82, 2.24) is 0 Å². The lowest BCUT2D eigenvalue weighted by atomic mass is 10.1. The van der Waals surface area contributed by atoms with Crippen LogP contribution in [0.15, 0.2) is 59.8 Å². The highest BCUT2D eigenvalue weighted by atomic mass is 35.5. The zero-order valence-corrected chi connectivity index (χ0v) is 13.0. The lowest BCUT2D eigenvalue weighted by molar-refractivity contribution is 0.317. The number of amidine groups is 1. The van der Waals surface area contributed by atoms with Crippen LogP contribution in [0.5, 0.6) is 0 Å². The Morgan fingerprint density at radius 2 is 1.81 bits per heavy atom. The van der Waals surface area contributed by atoms with Gasteiger partial charge in [-0.15, -0.1) is 11.8 Å². The molecule has 0 bridgehead atoms. The predicted molar refractivity (Wildman–Crippen MR) is 90.0 cm³/mol. The monoisotopic (exact) mass is 320 g/mol. The Kier molecular flexibility index (Phi) is 5.96. The van der Waals surface area contributed by atoms with Gasteiger partial charge in [0.15, 0.2) is 0 Å². The quantitative estimate of drug-likeness (QED) is 0.358. The average molecular weight is 321 g/mol. The topological polar surface area (TPSA) is 58.6 Å².